The number of aryl methyl sites for hydroxylation is 2. The molecular weight excluding hydrogens is 434 g/mol. The van der Waals surface area contributed by atoms with Crippen LogP contribution in [0.1, 0.15) is 56.3 Å². The van der Waals surface area contributed by atoms with Gasteiger partial charge in [0.25, 0.3) is 11.8 Å². The number of nitrogens with zero attached hydrogens (tertiary/aromatic N) is 1. The number of benzene rings is 3. The zero-order valence-electron chi connectivity index (χ0n) is 19.1. The molecule has 0 aromatic heterocycles. The molecule has 0 saturated heterocycles. The largest absolute Gasteiger partial charge is 0.322 e. The van der Waals surface area contributed by atoms with E-state index in [1.54, 1.807) is 18.2 Å². The number of rotatable bonds is 4. The monoisotopic (exact) mass is 461 g/mol. The van der Waals surface area contributed by atoms with Gasteiger partial charge in [-0.3, -0.25) is 9.59 Å². The number of anilines is 2. The smallest absolute Gasteiger partial charge is 0.258 e. The Morgan fingerprint density at radius 3 is 2.48 bits per heavy atom. The highest BCUT2D eigenvalue weighted by atomic mass is 35.5. The minimum Gasteiger partial charge on any atom is -0.322 e. The van der Waals surface area contributed by atoms with Crippen LogP contribution in [0.5, 0.6) is 0 Å². The highest BCUT2D eigenvalue weighted by Crippen LogP contribution is 2.36. The maximum atomic E-state index is 13.6. The summed E-state index contributed by atoms with van der Waals surface area (Å²) >= 11 is 6.27. The molecule has 0 fully saturated rings. The van der Waals surface area contributed by atoms with Crippen LogP contribution in [0.15, 0.2) is 60.7 Å². The molecule has 0 spiro atoms. The summed E-state index contributed by atoms with van der Waals surface area (Å²) < 4.78 is 0. The second-order valence-corrected chi connectivity index (χ2v) is 8.88. The molecule has 4 rings (SSSR count). The van der Waals surface area contributed by atoms with E-state index in [4.69, 9.17) is 11.6 Å². The number of hydrogen-bond donors (Lipinski definition) is 2. The maximum absolute atomic E-state index is 13.6. The van der Waals surface area contributed by atoms with Crippen LogP contribution >= 0.6 is 11.6 Å². The molecule has 0 saturated carbocycles. The number of hydrogen-bond acceptors (Lipinski definition) is 3. The fraction of sp³-hybridized carbons (Fsp3) is 0.259. The Labute approximate surface area is 199 Å². The van der Waals surface area contributed by atoms with E-state index in [0.717, 1.165) is 35.2 Å². The third-order valence-corrected chi connectivity index (χ3v) is 6.46. The molecule has 0 radical (unpaired) electrons. The number of carbonyl (C=O) groups excluding carboxylic acids is 2. The van der Waals surface area contributed by atoms with Crippen LogP contribution in [0.2, 0.25) is 5.02 Å². The summed E-state index contributed by atoms with van der Waals surface area (Å²) in [6, 6.07) is 18.7. The molecule has 170 valence electrons. The first-order valence-corrected chi connectivity index (χ1v) is 11.5. The van der Waals surface area contributed by atoms with Crippen molar-refractivity contribution in [1.82, 2.24) is 5.32 Å². The van der Waals surface area contributed by atoms with Crippen molar-refractivity contribution in [3.05, 3.63) is 93.5 Å². The number of nitrogens with one attached hydrogen (secondary N) is 2. The minimum absolute atomic E-state index is 0.0513. The predicted octanol–water partition coefficient (Wildman–Crippen LogP) is 5.91. The normalized spacial score (nSPS) is 15.5. The van der Waals surface area contributed by atoms with Crippen LogP contribution in [-0.4, -0.2) is 25.4 Å². The van der Waals surface area contributed by atoms with E-state index in [0.29, 0.717) is 28.4 Å². The van der Waals surface area contributed by atoms with Gasteiger partial charge >= 0.3 is 0 Å². The van der Waals surface area contributed by atoms with Crippen LogP contribution in [0.25, 0.3) is 0 Å². The van der Waals surface area contributed by atoms with Gasteiger partial charge < -0.3 is 15.5 Å². The molecule has 2 amide bonds. The lowest BCUT2D eigenvalue weighted by Gasteiger charge is -2.25. The van der Waals surface area contributed by atoms with Crippen molar-refractivity contribution in [2.24, 2.45) is 0 Å². The van der Waals surface area contributed by atoms with Crippen LogP contribution in [0.4, 0.5) is 11.4 Å². The molecule has 3 aromatic rings. The van der Waals surface area contributed by atoms with E-state index < -0.39 is 0 Å². The van der Waals surface area contributed by atoms with Crippen molar-refractivity contribution in [2.45, 2.75) is 32.7 Å². The number of amides is 2. The molecule has 1 heterocycles. The first-order valence-electron chi connectivity index (χ1n) is 11.1. The molecule has 1 atom stereocenters. The van der Waals surface area contributed by atoms with Crippen molar-refractivity contribution in [3.8, 4) is 0 Å². The Balaban J connectivity index is 1.60. The second-order valence-electron chi connectivity index (χ2n) is 8.44. The van der Waals surface area contributed by atoms with E-state index in [-0.39, 0.29) is 17.9 Å². The molecule has 5 nitrogen and oxygen atoms in total. The van der Waals surface area contributed by atoms with Gasteiger partial charge in [-0.15, -0.1) is 0 Å². The quantitative estimate of drug-likeness (QED) is 0.507. The van der Waals surface area contributed by atoms with Gasteiger partial charge in [0.2, 0.25) is 0 Å². The van der Waals surface area contributed by atoms with E-state index in [2.05, 4.69) is 10.6 Å². The van der Waals surface area contributed by atoms with Gasteiger partial charge in [-0.2, -0.15) is 0 Å². The van der Waals surface area contributed by atoms with Gasteiger partial charge in [-0.25, -0.2) is 0 Å². The second kappa shape index (κ2) is 9.77. The Hall–Kier alpha value is -3.15. The molecule has 3 aromatic carbocycles. The fourth-order valence-corrected chi connectivity index (χ4v) is 4.62. The third-order valence-electron chi connectivity index (χ3n) is 6.23. The first kappa shape index (κ1) is 23.0. The average molecular weight is 462 g/mol. The van der Waals surface area contributed by atoms with Gasteiger partial charge in [0.15, 0.2) is 0 Å². The lowest BCUT2D eigenvalue weighted by Crippen LogP contribution is -2.32. The summed E-state index contributed by atoms with van der Waals surface area (Å²) in [6.45, 7) is 4.44. The van der Waals surface area contributed by atoms with E-state index in [9.17, 15) is 9.59 Å². The zero-order chi connectivity index (χ0) is 23.5. The fourth-order valence-electron chi connectivity index (χ4n) is 4.44. The topological polar surface area (TPSA) is 61.4 Å². The van der Waals surface area contributed by atoms with Crippen LogP contribution in [-0.2, 0) is 0 Å². The SMILES string of the molecule is CNC1CCCN(C(=O)c2ccc(NC(=O)c3ccccc3C)cc2C)c2ccc(Cl)cc21. The summed E-state index contributed by atoms with van der Waals surface area (Å²) in [4.78, 5) is 28.1. The summed E-state index contributed by atoms with van der Waals surface area (Å²) in [5, 5.41) is 6.95. The summed E-state index contributed by atoms with van der Waals surface area (Å²) in [7, 11) is 1.93. The van der Waals surface area contributed by atoms with Crippen LogP contribution in [0, 0.1) is 13.8 Å². The maximum Gasteiger partial charge on any atom is 0.258 e. The molecular formula is C27H28ClN3O2. The molecule has 0 aliphatic carbocycles. The highest BCUT2D eigenvalue weighted by Gasteiger charge is 2.27. The van der Waals surface area contributed by atoms with E-state index in [1.165, 1.54) is 0 Å². The van der Waals surface area contributed by atoms with Gasteiger partial charge in [0.1, 0.15) is 0 Å². The lowest BCUT2D eigenvalue weighted by molar-refractivity contribution is 0.0985. The Kier molecular flexibility index (Phi) is 6.82. The summed E-state index contributed by atoms with van der Waals surface area (Å²) in [5.74, 6) is -0.215. The van der Waals surface area contributed by atoms with E-state index >= 15 is 0 Å². The molecule has 0 bridgehead atoms. The van der Waals surface area contributed by atoms with Crippen molar-refractivity contribution in [2.75, 3.05) is 23.8 Å². The predicted molar refractivity (Wildman–Crippen MR) is 134 cm³/mol. The highest BCUT2D eigenvalue weighted by molar-refractivity contribution is 6.30. The van der Waals surface area contributed by atoms with Crippen LogP contribution < -0.4 is 15.5 Å². The summed E-state index contributed by atoms with van der Waals surface area (Å²) in [6.07, 6.45) is 1.81. The van der Waals surface area contributed by atoms with E-state index in [1.807, 2.05) is 68.3 Å². The molecule has 1 aliphatic heterocycles. The first-order chi connectivity index (χ1) is 15.9. The lowest BCUT2D eigenvalue weighted by atomic mass is 10.0. The molecule has 2 N–H and O–H groups in total. The van der Waals surface area contributed by atoms with Gasteiger partial charge in [0.05, 0.1) is 0 Å². The van der Waals surface area contributed by atoms with Crippen molar-refractivity contribution in [3.63, 3.8) is 0 Å². The van der Waals surface area contributed by atoms with Gasteiger partial charge in [-0.05, 0) is 92.9 Å². The average Bonchev–Trinajstić information content (AvgIpc) is 2.98. The summed E-state index contributed by atoms with van der Waals surface area (Å²) in [5.41, 5.74) is 5.57. The Morgan fingerprint density at radius 1 is 0.970 bits per heavy atom. The number of fused-ring (bicyclic) bond motifs is 1. The molecule has 6 heteroatoms. The van der Waals surface area contributed by atoms with Crippen molar-refractivity contribution < 1.29 is 9.59 Å². The molecule has 1 unspecified atom stereocenters. The van der Waals surface area contributed by atoms with Gasteiger partial charge in [0, 0.05) is 40.1 Å². The standard InChI is InChI=1S/C27H28ClN3O2/c1-17-7-4-5-8-21(17)26(32)30-20-11-12-22(18(2)15-20)27(33)31-14-6-9-24(29-3)23-16-19(28)10-13-25(23)31/h4-5,7-8,10-13,15-16,24,29H,6,9,14H2,1-3H3,(H,30,32). The number of carbonyl (C=O) groups is 2. The minimum atomic E-state index is -0.164. The third kappa shape index (κ3) is 4.80. The van der Waals surface area contributed by atoms with Crippen molar-refractivity contribution in [1.29, 1.82) is 0 Å². The molecule has 33 heavy (non-hydrogen) atoms. The molecule has 1 aliphatic rings. The number of halogens is 1. The van der Waals surface area contributed by atoms with Crippen LogP contribution in [0.3, 0.4) is 0 Å². The van der Waals surface area contributed by atoms with Gasteiger partial charge in [-0.1, -0.05) is 29.8 Å². The van der Waals surface area contributed by atoms with Crippen molar-refractivity contribution >= 4 is 34.8 Å². The Bertz CT molecular complexity index is 1210. The Morgan fingerprint density at radius 2 is 1.76 bits per heavy atom. The zero-order valence-corrected chi connectivity index (χ0v) is 19.9.